The second kappa shape index (κ2) is 5.45. The van der Waals surface area contributed by atoms with Gasteiger partial charge in [0.2, 0.25) is 5.69 Å². The van der Waals surface area contributed by atoms with Gasteiger partial charge in [-0.1, -0.05) is 32.0 Å². The van der Waals surface area contributed by atoms with Crippen LogP contribution in [0.3, 0.4) is 0 Å². The number of fused-ring (bicyclic) bond motifs is 3. The van der Waals surface area contributed by atoms with Crippen molar-refractivity contribution in [2.24, 2.45) is 7.05 Å². The first-order valence-corrected chi connectivity index (χ1v) is 8.33. The standard InChI is InChI=1S/C21H21N2O/c1-13(2)15-8-7-9-16-17-12-22-14(3)19(21(17)24-20(15)16)18-10-5-6-11-23(18)4/h5-13H,1-4H3/q+1. The molecule has 1 aromatic carbocycles. The van der Waals surface area contributed by atoms with Crippen molar-refractivity contribution in [3.8, 4) is 11.3 Å². The first-order valence-electron chi connectivity index (χ1n) is 8.33. The lowest BCUT2D eigenvalue weighted by Crippen LogP contribution is -2.30. The van der Waals surface area contributed by atoms with Gasteiger partial charge in [0.15, 0.2) is 11.8 Å². The summed E-state index contributed by atoms with van der Waals surface area (Å²) in [6, 6.07) is 12.6. The number of aryl methyl sites for hydroxylation is 2. The molecule has 4 aromatic rings. The average molecular weight is 317 g/mol. The zero-order valence-corrected chi connectivity index (χ0v) is 14.5. The summed E-state index contributed by atoms with van der Waals surface area (Å²) >= 11 is 0. The van der Waals surface area contributed by atoms with E-state index in [0.29, 0.717) is 5.92 Å². The Bertz CT molecular complexity index is 1060. The molecule has 0 N–H and O–H groups in total. The number of benzene rings is 1. The van der Waals surface area contributed by atoms with Crippen LogP contribution in [0.5, 0.6) is 0 Å². The van der Waals surface area contributed by atoms with Crippen LogP contribution in [0.2, 0.25) is 0 Å². The predicted octanol–water partition coefficient (Wildman–Crippen LogP) is 4.90. The van der Waals surface area contributed by atoms with E-state index in [1.165, 1.54) is 5.56 Å². The Hall–Kier alpha value is -2.68. The fourth-order valence-corrected chi connectivity index (χ4v) is 3.40. The van der Waals surface area contributed by atoms with Gasteiger partial charge >= 0.3 is 0 Å². The predicted molar refractivity (Wildman–Crippen MR) is 97.0 cm³/mol. The van der Waals surface area contributed by atoms with E-state index in [9.17, 15) is 0 Å². The molecule has 0 aliphatic rings. The van der Waals surface area contributed by atoms with Gasteiger partial charge in [-0.25, -0.2) is 4.57 Å². The molecule has 0 fully saturated rings. The van der Waals surface area contributed by atoms with Crippen LogP contribution in [-0.4, -0.2) is 4.98 Å². The van der Waals surface area contributed by atoms with E-state index in [-0.39, 0.29) is 0 Å². The average Bonchev–Trinajstić information content (AvgIpc) is 2.94. The summed E-state index contributed by atoms with van der Waals surface area (Å²) in [5, 5.41) is 2.22. The van der Waals surface area contributed by atoms with E-state index in [0.717, 1.165) is 38.9 Å². The van der Waals surface area contributed by atoms with Crippen molar-refractivity contribution in [2.75, 3.05) is 0 Å². The van der Waals surface area contributed by atoms with Crippen LogP contribution in [0.4, 0.5) is 0 Å². The van der Waals surface area contributed by atoms with Gasteiger partial charge in [-0.05, 0) is 24.5 Å². The minimum atomic E-state index is 0.416. The normalized spacial score (nSPS) is 11.7. The lowest BCUT2D eigenvalue weighted by molar-refractivity contribution is -0.660. The molecule has 0 aliphatic carbocycles. The largest absolute Gasteiger partial charge is 0.455 e. The third kappa shape index (κ3) is 2.12. The van der Waals surface area contributed by atoms with E-state index in [4.69, 9.17) is 4.42 Å². The van der Waals surface area contributed by atoms with Gasteiger partial charge in [0.05, 0.1) is 5.69 Å². The Morgan fingerprint density at radius 3 is 2.58 bits per heavy atom. The number of pyridine rings is 2. The lowest BCUT2D eigenvalue weighted by Gasteiger charge is -2.04. The molecule has 0 saturated carbocycles. The van der Waals surface area contributed by atoms with Gasteiger partial charge < -0.3 is 4.42 Å². The van der Waals surface area contributed by atoms with E-state index in [1.54, 1.807) is 0 Å². The zero-order chi connectivity index (χ0) is 16.8. The van der Waals surface area contributed by atoms with Crippen LogP contribution >= 0.6 is 0 Å². The van der Waals surface area contributed by atoms with Crippen molar-refractivity contribution in [1.29, 1.82) is 0 Å². The maximum absolute atomic E-state index is 6.41. The first-order chi connectivity index (χ1) is 11.6. The Morgan fingerprint density at radius 2 is 1.83 bits per heavy atom. The van der Waals surface area contributed by atoms with E-state index >= 15 is 0 Å². The van der Waals surface area contributed by atoms with Gasteiger partial charge in [-0.2, -0.15) is 0 Å². The Labute approximate surface area is 141 Å². The maximum Gasteiger partial charge on any atom is 0.217 e. The number of furan rings is 1. The molecule has 3 heterocycles. The Kier molecular flexibility index (Phi) is 3.38. The molecule has 0 atom stereocenters. The molecule has 0 radical (unpaired) electrons. The highest BCUT2D eigenvalue weighted by Gasteiger charge is 2.22. The molecule has 0 unspecified atom stereocenters. The SMILES string of the molecule is Cc1ncc2c(oc3c(C(C)C)cccc32)c1-c1cccc[n+]1C. The van der Waals surface area contributed by atoms with E-state index in [1.807, 2.05) is 19.2 Å². The number of nitrogens with zero attached hydrogens (tertiary/aromatic N) is 2. The first kappa shape index (κ1) is 14.9. The summed E-state index contributed by atoms with van der Waals surface area (Å²) in [4.78, 5) is 4.65. The Balaban J connectivity index is 2.15. The van der Waals surface area contributed by atoms with Gasteiger partial charge in [-0.15, -0.1) is 0 Å². The summed E-state index contributed by atoms with van der Waals surface area (Å²) in [5.74, 6) is 0.416. The van der Waals surface area contributed by atoms with Crippen LogP contribution in [0.25, 0.3) is 33.2 Å². The third-order valence-electron chi connectivity index (χ3n) is 4.69. The van der Waals surface area contributed by atoms with Gasteiger partial charge in [0, 0.05) is 29.1 Å². The summed E-state index contributed by atoms with van der Waals surface area (Å²) in [6.45, 7) is 6.44. The molecule has 0 amide bonds. The summed E-state index contributed by atoms with van der Waals surface area (Å²) in [7, 11) is 2.05. The van der Waals surface area contributed by atoms with Crippen molar-refractivity contribution in [3.63, 3.8) is 0 Å². The van der Waals surface area contributed by atoms with Crippen molar-refractivity contribution in [1.82, 2.24) is 4.98 Å². The monoisotopic (exact) mass is 317 g/mol. The number of rotatable bonds is 2. The maximum atomic E-state index is 6.41. The van der Waals surface area contributed by atoms with Crippen LogP contribution in [0, 0.1) is 6.92 Å². The van der Waals surface area contributed by atoms with E-state index in [2.05, 4.69) is 67.0 Å². The molecule has 0 saturated heterocycles. The highest BCUT2D eigenvalue weighted by Crippen LogP contribution is 2.38. The number of para-hydroxylation sites is 1. The molecule has 4 rings (SSSR count). The topological polar surface area (TPSA) is 29.9 Å². The second-order valence-corrected chi connectivity index (χ2v) is 6.64. The van der Waals surface area contributed by atoms with Crippen molar-refractivity contribution in [2.45, 2.75) is 26.7 Å². The number of hydrogen-bond donors (Lipinski definition) is 0. The molecule has 3 heteroatoms. The molecule has 3 aromatic heterocycles. The lowest BCUT2D eigenvalue weighted by atomic mass is 10.00. The minimum absolute atomic E-state index is 0.416. The highest BCUT2D eigenvalue weighted by atomic mass is 16.3. The summed E-state index contributed by atoms with van der Waals surface area (Å²) in [6.07, 6.45) is 3.99. The molecule has 0 spiro atoms. The second-order valence-electron chi connectivity index (χ2n) is 6.64. The summed E-state index contributed by atoms with van der Waals surface area (Å²) < 4.78 is 8.52. The summed E-state index contributed by atoms with van der Waals surface area (Å²) in [5.41, 5.74) is 6.31. The van der Waals surface area contributed by atoms with Crippen molar-refractivity contribution >= 4 is 21.9 Å². The van der Waals surface area contributed by atoms with Gasteiger partial charge in [0.25, 0.3) is 0 Å². The molecule has 0 bridgehead atoms. The van der Waals surface area contributed by atoms with Crippen LogP contribution in [0.15, 0.2) is 53.2 Å². The smallest absolute Gasteiger partial charge is 0.217 e. The Morgan fingerprint density at radius 1 is 1.00 bits per heavy atom. The van der Waals surface area contributed by atoms with Crippen LogP contribution < -0.4 is 4.57 Å². The van der Waals surface area contributed by atoms with Crippen molar-refractivity contribution in [3.05, 3.63) is 60.0 Å². The van der Waals surface area contributed by atoms with Gasteiger partial charge in [-0.3, -0.25) is 4.98 Å². The molecule has 0 aliphatic heterocycles. The molecule has 120 valence electrons. The third-order valence-corrected chi connectivity index (χ3v) is 4.69. The zero-order valence-electron chi connectivity index (χ0n) is 14.5. The fraction of sp³-hybridized carbons (Fsp3) is 0.238. The van der Waals surface area contributed by atoms with Crippen LogP contribution in [-0.2, 0) is 7.05 Å². The number of hydrogen-bond acceptors (Lipinski definition) is 2. The quantitative estimate of drug-likeness (QED) is 0.492. The molecular formula is C21H21N2O+. The highest BCUT2D eigenvalue weighted by molar-refractivity contribution is 6.09. The number of aromatic nitrogens is 2. The fourth-order valence-electron chi connectivity index (χ4n) is 3.40. The molecule has 3 nitrogen and oxygen atoms in total. The molecular weight excluding hydrogens is 296 g/mol. The molecule has 24 heavy (non-hydrogen) atoms. The van der Waals surface area contributed by atoms with Gasteiger partial charge in [0.1, 0.15) is 18.2 Å². The minimum Gasteiger partial charge on any atom is -0.455 e. The van der Waals surface area contributed by atoms with Crippen molar-refractivity contribution < 1.29 is 8.98 Å². The van der Waals surface area contributed by atoms with Crippen LogP contribution in [0.1, 0.15) is 31.0 Å². The van der Waals surface area contributed by atoms with E-state index < -0.39 is 0 Å².